The molecule has 1 unspecified atom stereocenters. The van der Waals surface area contributed by atoms with E-state index in [0.717, 1.165) is 16.9 Å². The summed E-state index contributed by atoms with van der Waals surface area (Å²) in [5.41, 5.74) is 5.40. The minimum Gasteiger partial charge on any atom is -0.379 e. The summed E-state index contributed by atoms with van der Waals surface area (Å²) in [5.74, 6) is -0.0831. The van der Waals surface area contributed by atoms with E-state index in [1.807, 2.05) is 22.1 Å². The normalized spacial score (nSPS) is 18.0. The van der Waals surface area contributed by atoms with Crippen molar-refractivity contribution in [2.24, 2.45) is 7.05 Å². The Morgan fingerprint density at radius 2 is 1.71 bits per heavy atom. The lowest BCUT2D eigenvalue weighted by molar-refractivity contribution is -0.133. The maximum atomic E-state index is 13.6. The third-order valence-electron chi connectivity index (χ3n) is 8.59. The molecule has 0 saturated carbocycles. The molecule has 42 heavy (non-hydrogen) atoms. The number of aryl methyl sites for hydroxylation is 3. The molecule has 4 aromatic rings. The average Bonchev–Trinajstić information content (AvgIpc) is 3.65. The monoisotopic (exact) mass is 627 g/mol. The number of halogens is 3. The fraction of sp³-hybridized carbons (Fsp3) is 0.400. The fourth-order valence-electron chi connectivity index (χ4n) is 6.25. The van der Waals surface area contributed by atoms with Crippen LogP contribution in [0.15, 0.2) is 36.5 Å². The van der Waals surface area contributed by atoms with Gasteiger partial charge in [-0.2, -0.15) is 0 Å². The molecule has 1 atom stereocenters. The zero-order chi connectivity index (χ0) is 29.7. The largest absolute Gasteiger partial charge is 0.379 e. The molecule has 12 heteroatoms. The molecule has 220 valence electrons. The number of benzene rings is 2. The number of hydrogen-bond donors (Lipinski definition) is 1. The molecule has 0 bridgehead atoms. The number of anilines is 1. The molecule has 2 amide bonds. The van der Waals surface area contributed by atoms with Crippen molar-refractivity contribution in [3.8, 4) is 0 Å². The molecule has 0 spiro atoms. The van der Waals surface area contributed by atoms with Crippen molar-refractivity contribution in [1.29, 1.82) is 0 Å². The summed E-state index contributed by atoms with van der Waals surface area (Å²) in [5, 5.41) is 13.9. The first-order valence-electron chi connectivity index (χ1n) is 14.1. The standard InChI is InChI=1S/C30H32Cl3N7O2/c1-17-5-4-6-18(2)27(17)34-15-19-16-40(36-35-19)24-9-12-39(29(24)41)20-7-10-38(11-8-20)30(42)26-21-13-22(31)23(32)14-25(21)37(3)28(26)33/h4-6,13-14,16,20,24,34H,7-12,15H2,1-3H3. The predicted octanol–water partition coefficient (Wildman–Crippen LogP) is 6.04. The van der Waals surface area contributed by atoms with Crippen molar-refractivity contribution in [2.75, 3.05) is 25.0 Å². The van der Waals surface area contributed by atoms with Crippen molar-refractivity contribution < 1.29 is 9.59 Å². The Hall–Kier alpha value is -3.27. The van der Waals surface area contributed by atoms with Crippen LogP contribution in [0.5, 0.6) is 0 Å². The number of amides is 2. The zero-order valence-electron chi connectivity index (χ0n) is 23.7. The number of nitrogens with one attached hydrogen (secondary N) is 1. The van der Waals surface area contributed by atoms with Gasteiger partial charge < -0.3 is 19.7 Å². The second-order valence-corrected chi connectivity index (χ2v) is 12.4. The Morgan fingerprint density at radius 3 is 2.43 bits per heavy atom. The number of fused-ring (bicyclic) bond motifs is 1. The van der Waals surface area contributed by atoms with E-state index in [1.165, 1.54) is 11.1 Å². The van der Waals surface area contributed by atoms with Gasteiger partial charge in [0.1, 0.15) is 16.9 Å². The van der Waals surface area contributed by atoms with E-state index in [2.05, 4.69) is 41.6 Å². The topological polar surface area (TPSA) is 88.3 Å². The van der Waals surface area contributed by atoms with Gasteiger partial charge in [-0.1, -0.05) is 58.2 Å². The highest BCUT2D eigenvalue weighted by Crippen LogP contribution is 2.36. The van der Waals surface area contributed by atoms with E-state index < -0.39 is 0 Å². The van der Waals surface area contributed by atoms with E-state index in [-0.39, 0.29) is 23.9 Å². The molecule has 2 aromatic heterocycles. The number of carbonyl (C=O) groups excluding carboxylic acids is 2. The lowest BCUT2D eigenvalue weighted by atomic mass is 10.0. The summed E-state index contributed by atoms with van der Waals surface area (Å²) in [6.07, 6.45) is 3.93. The first-order chi connectivity index (χ1) is 20.1. The molecule has 0 radical (unpaired) electrons. The fourth-order valence-corrected chi connectivity index (χ4v) is 6.85. The minimum absolute atomic E-state index is 0.0579. The van der Waals surface area contributed by atoms with Gasteiger partial charge in [0, 0.05) is 43.8 Å². The third kappa shape index (κ3) is 5.12. The van der Waals surface area contributed by atoms with Gasteiger partial charge in [-0.15, -0.1) is 5.10 Å². The van der Waals surface area contributed by atoms with Crippen LogP contribution >= 0.6 is 34.8 Å². The Bertz CT molecular complexity index is 1670. The van der Waals surface area contributed by atoms with Crippen molar-refractivity contribution in [1.82, 2.24) is 29.4 Å². The highest BCUT2D eigenvalue weighted by Gasteiger charge is 2.39. The van der Waals surface area contributed by atoms with Crippen LogP contribution in [0, 0.1) is 13.8 Å². The summed E-state index contributed by atoms with van der Waals surface area (Å²) < 4.78 is 3.44. The number of likely N-dealkylation sites (tertiary alicyclic amines) is 2. The van der Waals surface area contributed by atoms with Gasteiger partial charge in [0.15, 0.2) is 0 Å². The Balaban J connectivity index is 1.08. The number of aromatic nitrogens is 4. The molecule has 4 heterocycles. The second-order valence-electron chi connectivity index (χ2n) is 11.2. The van der Waals surface area contributed by atoms with Gasteiger partial charge in [0.2, 0.25) is 5.91 Å². The molecule has 2 saturated heterocycles. The molecular formula is C30H32Cl3N7O2. The van der Waals surface area contributed by atoms with Gasteiger partial charge in [-0.25, -0.2) is 4.68 Å². The molecule has 2 aliphatic rings. The lowest BCUT2D eigenvalue weighted by Gasteiger charge is -2.36. The quantitative estimate of drug-likeness (QED) is 0.282. The highest BCUT2D eigenvalue weighted by atomic mass is 35.5. The summed E-state index contributed by atoms with van der Waals surface area (Å²) in [4.78, 5) is 30.8. The average molecular weight is 629 g/mol. The smallest absolute Gasteiger partial charge is 0.257 e. The Morgan fingerprint density at radius 1 is 1.02 bits per heavy atom. The summed E-state index contributed by atoms with van der Waals surface area (Å²) >= 11 is 19.1. The van der Waals surface area contributed by atoms with E-state index in [4.69, 9.17) is 34.8 Å². The molecule has 6 rings (SSSR count). The zero-order valence-corrected chi connectivity index (χ0v) is 26.0. The van der Waals surface area contributed by atoms with E-state index in [1.54, 1.807) is 28.4 Å². The van der Waals surface area contributed by atoms with Crippen molar-refractivity contribution in [3.05, 3.63) is 74.1 Å². The number of para-hydroxylation sites is 1. The summed E-state index contributed by atoms with van der Waals surface area (Å²) in [7, 11) is 1.80. The Kier molecular flexibility index (Phi) is 7.85. The van der Waals surface area contributed by atoms with Crippen LogP contribution in [-0.2, 0) is 18.4 Å². The first-order valence-corrected chi connectivity index (χ1v) is 15.2. The maximum absolute atomic E-state index is 13.6. The van der Waals surface area contributed by atoms with Crippen LogP contribution in [0.3, 0.4) is 0 Å². The Labute approximate surface area is 259 Å². The van der Waals surface area contributed by atoms with Crippen molar-refractivity contribution in [2.45, 2.75) is 51.7 Å². The van der Waals surface area contributed by atoms with Crippen LogP contribution in [0.4, 0.5) is 5.69 Å². The molecule has 9 nitrogen and oxygen atoms in total. The molecule has 2 fully saturated rings. The van der Waals surface area contributed by atoms with Crippen LogP contribution in [0.1, 0.15) is 52.5 Å². The second kappa shape index (κ2) is 11.4. The van der Waals surface area contributed by atoms with Crippen LogP contribution in [0.25, 0.3) is 10.9 Å². The molecule has 0 aliphatic carbocycles. The predicted molar refractivity (Wildman–Crippen MR) is 166 cm³/mol. The molecule has 2 aromatic carbocycles. The molecule has 2 aliphatic heterocycles. The van der Waals surface area contributed by atoms with Gasteiger partial charge in [-0.3, -0.25) is 9.59 Å². The van der Waals surface area contributed by atoms with Crippen molar-refractivity contribution in [3.63, 3.8) is 0 Å². The van der Waals surface area contributed by atoms with Crippen LogP contribution < -0.4 is 5.32 Å². The number of nitrogens with zero attached hydrogens (tertiary/aromatic N) is 6. The first kappa shape index (κ1) is 28.8. The van der Waals surface area contributed by atoms with Gasteiger partial charge >= 0.3 is 0 Å². The van der Waals surface area contributed by atoms with Gasteiger partial charge in [0.05, 0.1) is 33.9 Å². The van der Waals surface area contributed by atoms with Gasteiger partial charge in [-0.05, 0) is 56.4 Å². The SMILES string of the molecule is Cc1cccc(C)c1NCc1cn(C2CCN(C3CCN(C(=O)c4c(Cl)n(C)c5cc(Cl)c(Cl)cc45)CC3)C2=O)nn1. The van der Waals surface area contributed by atoms with Crippen LogP contribution in [0.2, 0.25) is 15.2 Å². The number of carbonyl (C=O) groups is 2. The van der Waals surface area contributed by atoms with Gasteiger partial charge in [0.25, 0.3) is 5.91 Å². The lowest BCUT2D eigenvalue weighted by Crippen LogP contribution is -2.47. The van der Waals surface area contributed by atoms with E-state index in [0.29, 0.717) is 71.6 Å². The number of piperidine rings is 1. The third-order valence-corrected chi connectivity index (χ3v) is 9.76. The van der Waals surface area contributed by atoms with E-state index in [9.17, 15) is 9.59 Å². The van der Waals surface area contributed by atoms with Crippen LogP contribution in [-0.4, -0.2) is 66.9 Å². The summed E-state index contributed by atoms with van der Waals surface area (Å²) in [6.45, 7) is 6.40. The highest BCUT2D eigenvalue weighted by molar-refractivity contribution is 6.43. The molecular weight excluding hydrogens is 597 g/mol. The minimum atomic E-state index is -0.364. The summed E-state index contributed by atoms with van der Waals surface area (Å²) in [6, 6.07) is 9.31. The van der Waals surface area contributed by atoms with E-state index >= 15 is 0 Å². The maximum Gasteiger partial charge on any atom is 0.257 e. The number of hydrogen-bond acceptors (Lipinski definition) is 5. The van der Waals surface area contributed by atoms with Crippen molar-refractivity contribution >= 4 is 63.2 Å². The molecule has 1 N–H and O–H groups in total. The number of rotatable bonds is 6.